The third-order valence-electron chi connectivity index (χ3n) is 3.84. The molecule has 1 N–H and O–H groups in total. The van der Waals surface area contributed by atoms with Gasteiger partial charge in [-0.15, -0.1) is 24.0 Å². The highest BCUT2D eigenvalue weighted by atomic mass is 127. The topological polar surface area (TPSA) is 49.8 Å². The van der Waals surface area contributed by atoms with E-state index in [1.54, 1.807) is 6.20 Å². The van der Waals surface area contributed by atoms with E-state index in [-0.39, 0.29) is 24.0 Å². The molecule has 1 aliphatic rings. The number of aromatic nitrogens is 1. The Hall–Kier alpha value is -1.05. The molecule has 23 heavy (non-hydrogen) atoms. The van der Waals surface area contributed by atoms with Gasteiger partial charge < -0.3 is 15.0 Å². The van der Waals surface area contributed by atoms with Crippen LogP contribution in [0.25, 0.3) is 0 Å². The van der Waals surface area contributed by atoms with E-state index in [2.05, 4.69) is 36.0 Å². The molecule has 0 aliphatic carbocycles. The number of hydrogen-bond donors (Lipinski definition) is 1. The fraction of sp³-hybridized carbons (Fsp3) is 0.647. The summed E-state index contributed by atoms with van der Waals surface area (Å²) in [5, 5.41) is 3.40. The highest BCUT2D eigenvalue weighted by Gasteiger charge is 2.30. The summed E-state index contributed by atoms with van der Waals surface area (Å²) >= 11 is 0. The highest BCUT2D eigenvalue weighted by molar-refractivity contribution is 14.0. The zero-order valence-electron chi connectivity index (χ0n) is 14.6. The van der Waals surface area contributed by atoms with E-state index in [4.69, 9.17) is 9.73 Å². The maximum atomic E-state index is 5.57. The van der Waals surface area contributed by atoms with Crippen LogP contribution in [0, 0.1) is 5.41 Å². The number of pyridine rings is 1. The first-order chi connectivity index (χ1) is 10.6. The quantitative estimate of drug-likeness (QED) is 0.441. The number of nitrogens with zero attached hydrogens (tertiary/aromatic N) is 3. The van der Waals surface area contributed by atoms with Crippen LogP contribution in [0.5, 0.6) is 5.88 Å². The van der Waals surface area contributed by atoms with Crippen LogP contribution in [0.2, 0.25) is 0 Å². The van der Waals surface area contributed by atoms with Gasteiger partial charge in [-0.25, -0.2) is 9.98 Å². The van der Waals surface area contributed by atoms with Crippen LogP contribution in [-0.4, -0.2) is 42.1 Å². The lowest BCUT2D eigenvalue weighted by molar-refractivity contribution is 0.323. The summed E-state index contributed by atoms with van der Waals surface area (Å²) in [4.78, 5) is 11.4. The van der Waals surface area contributed by atoms with Crippen molar-refractivity contribution in [1.82, 2.24) is 15.2 Å². The second kappa shape index (κ2) is 9.30. The molecule has 0 bridgehead atoms. The Morgan fingerprint density at radius 2 is 2.22 bits per heavy atom. The van der Waals surface area contributed by atoms with Crippen LogP contribution in [0.1, 0.15) is 39.7 Å². The highest BCUT2D eigenvalue weighted by Crippen LogP contribution is 2.28. The molecule has 0 aromatic carbocycles. The van der Waals surface area contributed by atoms with Gasteiger partial charge in [-0.2, -0.15) is 0 Å². The summed E-state index contributed by atoms with van der Waals surface area (Å²) in [5.41, 5.74) is 1.39. The lowest BCUT2D eigenvalue weighted by atomic mass is 9.93. The van der Waals surface area contributed by atoms with Gasteiger partial charge in [0.05, 0.1) is 13.2 Å². The Morgan fingerprint density at radius 1 is 1.43 bits per heavy atom. The van der Waals surface area contributed by atoms with Crippen molar-refractivity contribution in [2.45, 2.75) is 40.7 Å². The standard InChI is InChI=1S/C17H28N4O.HI/c1-5-18-16(21-11-9-17(3,4)13-21)20-12-14-8-7-10-19-15(14)22-6-2;/h7-8,10H,5-6,9,11-13H2,1-4H3,(H,18,20);1H. The molecule has 6 heteroatoms. The molecular formula is C17H29IN4O. The zero-order chi connectivity index (χ0) is 16.0. The van der Waals surface area contributed by atoms with E-state index >= 15 is 0 Å². The summed E-state index contributed by atoms with van der Waals surface area (Å²) in [6.45, 7) is 12.9. The molecule has 1 aromatic heterocycles. The summed E-state index contributed by atoms with van der Waals surface area (Å²) in [6.07, 6.45) is 2.96. The minimum atomic E-state index is 0. The molecule has 0 radical (unpaired) electrons. The van der Waals surface area contributed by atoms with Gasteiger partial charge >= 0.3 is 0 Å². The molecule has 5 nitrogen and oxygen atoms in total. The molecule has 130 valence electrons. The second-order valence-corrected chi connectivity index (χ2v) is 6.41. The summed E-state index contributed by atoms with van der Waals surface area (Å²) < 4.78 is 5.57. The monoisotopic (exact) mass is 432 g/mol. The van der Waals surface area contributed by atoms with Crippen molar-refractivity contribution in [1.29, 1.82) is 0 Å². The maximum Gasteiger partial charge on any atom is 0.218 e. The Kier molecular flexibility index (Phi) is 8.08. The number of aliphatic imine (C=N–C) groups is 1. The van der Waals surface area contributed by atoms with E-state index in [1.165, 1.54) is 6.42 Å². The lowest BCUT2D eigenvalue weighted by Gasteiger charge is -2.23. The van der Waals surface area contributed by atoms with Crippen molar-refractivity contribution < 1.29 is 4.74 Å². The maximum absolute atomic E-state index is 5.57. The largest absolute Gasteiger partial charge is 0.478 e. The first kappa shape index (κ1) is 20.0. The minimum Gasteiger partial charge on any atom is -0.478 e. The van der Waals surface area contributed by atoms with Crippen molar-refractivity contribution in [2.75, 3.05) is 26.2 Å². The Labute approximate surface area is 156 Å². The Balaban J connectivity index is 0.00000264. The molecule has 2 heterocycles. The van der Waals surface area contributed by atoms with Crippen LogP contribution < -0.4 is 10.1 Å². The normalized spacial score (nSPS) is 16.9. The van der Waals surface area contributed by atoms with Crippen molar-refractivity contribution in [3.8, 4) is 5.88 Å². The fourth-order valence-corrected chi connectivity index (χ4v) is 2.69. The second-order valence-electron chi connectivity index (χ2n) is 6.41. The summed E-state index contributed by atoms with van der Waals surface area (Å²) in [7, 11) is 0. The van der Waals surface area contributed by atoms with E-state index in [0.29, 0.717) is 24.4 Å². The first-order valence-corrected chi connectivity index (χ1v) is 8.15. The third kappa shape index (κ3) is 5.82. The molecular weight excluding hydrogens is 403 g/mol. The fourth-order valence-electron chi connectivity index (χ4n) is 2.69. The van der Waals surface area contributed by atoms with E-state index in [0.717, 1.165) is 31.2 Å². The van der Waals surface area contributed by atoms with Gasteiger partial charge in [-0.3, -0.25) is 0 Å². The summed E-state index contributed by atoms with van der Waals surface area (Å²) in [6, 6.07) is 3.96. The number of halogens is 1. The first-order valence-electron chi connectivity index (χ1n) is 8.15. The van der Waals surface area contributed by atoms with Crippen LogP contribution in [0.3, 0.4) is 0 Å². The van der Waals surface area contributed by atoms with Gasteiger partial charge in [-0.1, -0.05) is 19.9 Å². The molecule has 1 saturated heterocycles. The van der Waals surface area contributed by atoms with Gasteiger partial charge in [0.2, 0.25) is 5.88 Å². The molecule has 1 fully saturated rings. The van der Waals surface area contributed by atoms with Crippen molar-refractivity contribution in [2.24, 2.45) is 10.4 Å². The predicted octanol–water partition coefficient (Wildman–Crippen LogP) is 3.30. The van der Waals surface area contributed by atoms with E-state index < -0.39 is 0 Å². The average Bonchev–Trinajstić information content (AvgIpc) is 2.85. The summed E-state index contributed by atoms with van der Waals surface area (Å²) in [5.74, 6) is 1.67. The SMILES string of the molecule is CCNC(=NCc1cccnc1OCC)N1CCC(C)(C)C1.I. The molecule has 0 amide bonds. The number of likely N-dealkylation sites (tertiary alicyclic amines) is 1. The van der Waals surface area contributed by atoms with E-state index in [9.17, 15) is 0 Å². The van der Waals surface area contributed by atoms with Crippen molar-refractivity contribution in [3.05, 3.63) is 23.9 Å². The Morgan fingerprint density at radius 3 is 2.83 bits per heavy atom. The zero-order valence-corrected chi connectivity index (χ0v) is 17.0. The molecule has 1 aliphatic heterocycles. The molecule has 0 saturated carbocycles. The third-order valence-corrected chi connectivity index (χ3v) is 3.84. The smallest absolute Gasteiger partial charge is 0.218 e. The van der Waals surface area contributed by atoms with Gasteiger partial charge in [0.25, 0.3) is 0 Å². The minimum absolute atomic E-state index is 0. The predicted molar refractivity (Wildman–Crippen MR) is 106 cm³/mol. The molecule has 0 spiro atoms. The average molecular weight is 432 g/mol. The number of hydrogen-bond acceptors (Lipinski definition) is 3. The lowest BCUT2D eigenvalue weighted by Crippen LogP contribution is -2.40. The van der Waals surface area contributed by atoms with Gasteiger partial charge in [0.15, 0.2) is 5.96 Å². The van der Waals surface area contributed by atoms with E-state index in [1.807, 2.05) is 19.1 Å². The molecule has 1 aromatic rings. The van der Waals surface area contributed by atoms with Crippen LogP contribution in [0.4, 0.5) is 0 Å². The van der Waals surface area contributed by atoms with Crippen molar-refractivity contribution in [3.63, 3.8) is 0 Å². The number of guanidine groups is 1. The van der Waals surface area contributed by atoms with Gasteiger partial charge in [0.1, 0.15) is 0 Å². The number of ether oxygens (including phenoxy) is 1. The van der Waals surface area contributed by atoms with Crippen LogP contribution in [-0.2, 0) is 6.54 Å². The van der Waals surface area contributed by atoms with Crippen LogP contribution >= 0.6 is 24.0 Å². The Bertz CT molecular complexity index is 519. The van der Waals surface area contributed by atoms with Crippen LogP contribution in [0.15, 0.2) is 23.3 Å². The number of nitrogens with one attached hydrogen (secondary N) is 1. The number of rotatable bonds is 5. The van der Waals surface area contributed by atoms with Gasteiger partial charge in [-0.05, 0) is 31.7 Å². The van der Waals surface area contributed by atoms with Gasteiger partial charge in [0, 0.05) is 31.4 Å². The molecule has 2 rings (SSSR count). The van der Waals surface area contributed by atoms with Crippen molar-refractivity contribution >= 4 is 29.9 Å². The molecule has 0 unspecified atom stereocenters. The molecule has 0 atom stereocenters.